The van der Waals surface area contributed by atoms with Gasteiger partial charge < -0.3 is 9.05 Å². The molecule has 6 heteroatoms. The minimum atomic E-state index is -3.13. The smallest absolute Gasteiger partial charge is 0.312 e. The van der Waals surface area contributed by atoms with Gasteiger partial charge in [-0.25, -0.2) is 0 Å². The number of nitriles is 2. The summed E-state index contributed by atoms with van der Waals surface area (Å²) in [5.74, 6) is -0.458. The Morgan fingerprint density at radius 3 is 2.29 bits per heavy atom. The normalized spacial score (nSPS) is 12.9. The minimum absolute atomic E-state index is 0.0399. The number of nitrogens with zero attached hydrogens (tertiary/aromatic N) is 2. The van der Waals surface area contributed by atoms with Crippen molar-refractivity contribution in [2.24, 2.45) is 5.92 Å². The van der Waals surface area contributed by atoms with Crippen LogP contribution < -0.4 is 0 Å². The lowest BCUT2D eigenvalue weighted by Gasteiger charge is -2.15. The van der Waals surface area contributed by atoms with Crippen molar-refractivity contribution in [3.8, 4) is 12.1 Å². The second-order valence-corrected chi connectivity index (χ2v) is 5.00. The van der Waals surface area contributed by atoms with Crippen LogP contribution in [0.15, 0.2) is 0 Å². The summed E-state index contributed by atoms with van der Waals surface area (Å²) < 4.78 is 21.0. The Labute approximate surface area is 83.8 Å². The van der Waals surface area contributed by atoms with Crippen LogP contribution in [0.2, 0.25) is 0 Å². The zero-order valence-electron chi connectivity index (χ0n) is 8.27. The van der Waals surface area contributed by atoms with Crippen molar-refractivity contribution in [1.29, 1.82) is 10.5 Å². The molecule has 0 aromatic carbocycles. The highest BCUT2D eigenvalue weighted by atomic mass is 31.2. The van der Waals surface area contributed by atoms with Crippen molar-refractivity contribution >= 4 is 7.60 Å². The fourth-order valence-corrected chi connectivity index (χ4v) is 2.18. The topological polar surface area (TPSA) is 83.1 Å². The first-order valence-electron chi connectivity index (χ1n) is 4.09. The van der Waals surface area contributed by atoms with Crippen molar-refractivity contribution in [2.45, 2.75) is 12.8 Å². The van der Waals surface area contributed by atoms with E-state index in [4.69, 9.17) is 19.6 Å². The summed E-state index contributed by atoms with van der Waals surface area (Å²) in [6.07, 6.45) is 0.702. The summed E-state index contributed by atoms with van der Waals surface area (Å²) in [4.78, 5) is 0. The Morgan fingerprint density at radius 2 is 1.93 bits per heavy atom. The van der Waals surface area contributed by atoms with Crippen LogP contribution in [0.25, 0.3) is 0 Å². The van der Waals surface area contributed by atoms with Crippen molar-refractivity contribution < 1.29 is 13.6 Å². The predicted molar refractivity (Wildman–Crippen MR) is 50.4 cm³/mol. The molecule has 0 N–H and O–H groups in total. The van der Waals surface area contributed by atoms with E-state index in [0.717, 1.165) is 0 Å². The van der Waals surface area contributed by atoms with Crippen LogP contribution in [0.3, 0.4) is 0 Å². The Morgan fingerprint density at radius 1 is 1.36 bits per heavy atom. The molecule has 5 nitrogen and oxygen atoms in total. The van der Waals surface area contributed by atoms with Gasteiger partial charge in [-0.2, -0.15) is 10.5 Å². The monoisotopic (exact) mass is 216 g/mol. The molecule has 0 amide bonds. The Bertz CT molecular complexity index is 284. The molecular weight excluding hydrogens is 203 g/mol. The van der Waals surface area contributed by atoms with Crippen molar-refractivity contribution in [1.82, 2.24) is 0 Å². The Kier molecular flexibility index (Phi) is 6.16. The van der Waals surface area contributed by atoms with Crippen LogP contribution in [-0.2, 0) is 13.6 Å². The molecular formula is C8H13N2O3P. The Balaban J connectivity index is 4.25. The van der Waals surface area contributed by atoms with E-state index in [1.807, 2.05) is 12.1 Å². The van der Waals surface area contributed by atoms with Gasteiger partial charge in [0.05, 0.1) is 24.2 Å². The maximum absolute atomic E-state index is 11.6. The molecule has 0 heterocycles. The maximum atomic E-state index is 11.6. The second kappa shape index (κ2) is 6.56. The zero-order valence-corrected chi connectivity index (χ0v) is 9.16. The maximum Gasteiger partial charge on any atom is 0.331 e. The Hall–Kier alpha value is -0.870. The molecule has 78 valence electrons. The standard InChI is InChI=1S/C8H13N2O3P/c1-12-14(11,13-2)7-8(6-10)4-3-5-9/h8H,3-4,7H2,1-2H3. The van der Waals surface area contributed by atoms with Crippen LogP contribution in [0.1, 0.15) is 12.8 Å². The van der Waals surface area contributed by atoms with E-state index in [-0.39, 0.29) is 12.6 Å². The van der Waals surface area contributed by atoms with Crippen LogP contribution in [0, 0.1) is 28.6 Å². The van der Waals surface area contributed by atoms with Gasteiger partial charge in [0.1, 0.15) is 0 Å². The van der Waals surface area contributed by atoms with Crippen molar-refractivity contribution in [2.75, 3.05) is 20.4 Å². The van der Waals surface area contributed by atoms with Gasteiger partial charge in [-0.15, -0.1) is 0 Å². The molecule has 0 spiro atoms. The van der Waals surface area contributed by atoms with Gasteiger partial charge in [-0.05, 0) is 6.42 Å². The van der Waals surface area contributed by atoms with Gasteiger partial charge in [-0.1, -0.05) is 0 Å². The summed E-state index contributed by atoms with van der Waals surface area (Å²) >= 11 is 0. The van der Waals surface area contributed by atoms with E-state index < -0.39 is 13.5 Å². The third kappa shape index (κ3) is 4.39. The first-order valence-corrected chi connectivity index (χ1v) is 5.81. The molecule has 0 aliphatic rings. The van der Waals surface area contributed by atoms with Crippen LogP contribution in [-0.4, -0.2) is 20.4 Å². The van der Waals surface area contributed by atoms with Gasteiger partial charge in [0.25, 0.3) is 0 Å². The molecule has 0 saturated heterocycles. The number of hydrogen-bond donors (Lipinski definition) is 0. The van der Waals surface area contributed by atoms with Gasteiger partial charge in [-0.3, -0.25) is 4.57 Å². The van der Waals surface area contributed by atoms with Crippen LogP contribution >= 0.6 is 7.60 Å². The summed E-state index contributed by atoms with van der Waals surface area (Å²) in [6, 6.07) is 3.91. The van der Waals surface area contributed by atoms with E-state index in [1.165, 1.54) is 14.2 Å². The molecule has 0 bridgehead atoms. The molecule has 0 aromatic rings. The fourth-order valence-electron chi connectivity index (χ4n) is 0.929. The van der Waals surface area contributed by atoms with Crippen LogP contribution in [0.4, 0.5) is 0 Å². The lowest BCUT2D eigenvalue weighted by atomic mass is 10.1. The zero-order chi connectivity index (χ0) is 11.0. The third-order valence-corrected chi connectivity index (χ3v) is 3.79. The van der Waals surface area contributed by atoms with Gasteiger partial charge in [0.15, 0.2) is 0 Å². The molecule has 0 aliphatic heterocycles. The van der Waals surface area contributed by atoms with Crippen molar-refractivity contribution in [3.05, 3.63) is 0 Å². The number of hydrogen-bond acceptors (Lipinski definition) is 5. The molecule has 0 rings (SSSR count). The SMILES string of the molecule is COP(=O)(CC(C#N)CCC#N)OC. The van der Waals surface area contributed by atoms with E-state index in [2.05, 4.69) is 0 Å². The van der Waals surface area contributed by atoms with E-state index in [0.29, 0.717) is 6.42 Å². The summed E-state index contributed by atoms with van der Waals surface area (Å²) in [5.41, 5.74) is 0. The average Bonchev–Trinajstić information content (AvgIpc) is 2.23. The second-order valence-electron chi connectivity index (χ2n) is 2.68. The fraction of sp³-hybridized carbons (Fsp3) is 0.750. The minimum Gasteiger partial charge on any atom is -0.312 e. The lowest BCUT2D eigenvalue weighted by molar-refractivity contribution is 0.272. The van der Waals surface area contributed by atoms with E-state index in [9.17, 15) is 4.57 Å². The van der Waals surface area contributed by atoms with Gasteiger partial charge >= 0.3 is 7.60 Å². The highest BCUT2D eigenvalue weighted by Gasteiger charge is 2.26. The molecule has 0 aromatic heterocycles. The number of rotatable bonds is 6. The predicted octanol–water partition coefficient (Wildman–Crippen LogP) is 1.92. The molecule has 0 aliphatic carbocycles. The van der Waals surface area contributed by atoms with E-state index >= 15 is 0 Å². The molecule has 0 saturated carbocycles. The average molecular weight is 216 g/mol. The van der Waals surface area contributed by atoms with Gasteiger partial charge in [0.2, 0.25) is 0 Å². The molecule has 0 radical (unpaired) electrons. The quantitative estimate of drug-likeness (QED) is 0.633. The molecule has 1 unspecified atom stereocenters. The van der Waals surface area contributed by atoms with E-state index in [1.54, 1.807) is 0 Å². The summed E-state index contributed by atoms with van der Waals surface area (Å²) in [5, 5.41) is 17.0. The summed E-state index contributed by atoms with van der Waals surface area (Å²) in [6.45, 7) is 0. The highest BCUT2D eigenvalue weighted by Crippen LogP contribution is 2.48. The lowest BCUT2D eigenvalue weighted by Crippen LogP contribution is -2.06. The first-order chi connectivity index (χ1) is 6.61. The van der Waals surface area contributed by atoms with Crippen molar-refractivity contribution in [3.63, 3.8) is 0 Å². The molecule has 0 fully saturated rings. The van der Waals surface area contributed by atoms with Gasteiger partial charge in [0, 0.05) is 20.6 Å². The molecule has 1 atom stereocenters. The largest absolute Gasteiger partial charge is 0.331 e. The first kappa shape index (κ1) is 13.1. The molecule has 14 heavy (non-hydrogen) atoms. The third-order valence-electron chi connectivity index (χ3n) is 1.79. The van der Waals surface area contributed by atoms with Crippen LogP contribution in [0.5, 0.6) is 0 Å². The summed E-state index contributed by atoms with van der Waals surface area (Å²) in [7, 11) is -0.564. The highest BCUT2D eigenvalue weighted by molar-refractivity contribution is 7.53.